The van der Waals surface area contributed by atoms with E-state index in [-0.39, 0.29) is 5.52 Å². The van der Waals surface area contributed by atoms with E-state index in [0.717, 1.165) is 16.7 Å². The molecule has 0 bridgehead atoms. The fraction of sp³-hybridized carbons (Fsp3) is 0.111. The number of pyridine rings is 1. The highest BCUT2D eigenvalue weighted by Gasteiger charge is 2.10. The van der Waals surface area contributed by atoms with Crippen LogP contribution >= 0.6 is 0 Å². The number of fused-ring (bicyclic) bond motifs is 1. The minimum absolute atomic E-state index is 0.229. The van der Waals surface area contributed by atoms with Gasteiger partial charge in [0.25, 0.3) is 5.56 Å². The highest BCUT2D eigenvalue weighted by Crippen LogP contribution is 2.22. The van der Waals surface area contributed by atoms with Crippen LogP contribution in [0.25, 0.3) is 22.3 Å². The number of aromatic amines is 2. The highest BCUT2D eigenvalue weighted by atomic mass is 16.2. The summed E-state index contributed by atoms with van der Waals surface area (Å²) in [5.41, 5.74) is 3.13. The molecule has 0 radical (unpaired) electrons. The van der Waals surface area contributed by atoms with Gasteiger partial charge in [-0.3, -0.25) is 14.5 Å². The summed E-state index contributed by atoms with van der Waals surface area (Å²) in [4.78, 5) is 32.8. The number of hydrogen-bond donors (Lipinski definition) is 2. The van der Waals surface area contributed by atoms with Gasteiger partial charge in [-0.2, -0.15) is 5.10 Å². The summed E-state index contributed by atoms with van der Waals surface area (Å²) in [6.07, 6.45) is 3.64. The molecule has 3 aromatic heterocycles. The molecule has 124 valence electrons. The van der Waals surface area contributed by atoms with E-state index in [4.69, 9.17) is 0 Å². The van der Waals surface area contributed by atoms with Gasteiger partial charge in [0.05, 0.1) is 17.8 Å². The van der Waals surface area contributed by atoms with E-state index in [0.29, 0.717) is 17.8 Å². The molecule has 0 aliphatic heterocycles. The summed E-state index contributed by atoms with van der Waals surface area (Å²) in [5, 5.41) is 4.21. The number of aryl methyl sites for hydroxylation is 1. The van der Waals surface area contributed by atoms with Crippen molar-refractivity contribution in [2.75, 3.05) is 0 Å². The molecule has 0 amide bonds. The lowest BCUT2D eigenvalue weighted by atomic mass is 10.1. The van der Waals surface area contributed by atoms with Gasteiger partial charge in [-0.05, 0) is 36.2 Å². The molecule has 0 aliphatic rings. The van der Waals surface area contributed by atoms with Gasteiger partial charge in [-0.1, -0.05) is 18.2 Å². The highest BCUT2D eigenvalue weighted by molar-refractivity contribution is 5.80. The average molecular weight is 333 g/mol. The third kappa shape index (κ3) is 2.87. The van der Waals surface area contributed by atoms with E-state index in [1.165, 1.54) is 0 Å². The number of hydrogen-bond acceptors (Lipinski definition) is 4. The largest absolute Gasteiger partial charge is 0.326 e. The lowest BCUT2D eigenvalue weighted by Gasteiger charge is -2.08. The van der Waals surface area contributed by atoms with Crippen LogP contribution in [-0.4, -0.2) is 24.7 Å². The van der Waals surface area contributed by atoms with Crippen molar-refractivity contribution in [3.05, 3.63) is 80.8 Å². The normalized spacial score (nSPS) is 11.1. The van der Waals surface area contributed by atoms with Crippen molar-refractivity contribution in [3.63, 3.8) is 0 Å². The maximum atomic E-state index is 12.1. The molecule has 0 saturated heterocycles. The Labute approximate surface area is 142 Å². The van der Waals surface area contributed by atoms with Crippen molar-refractivity contribution in [1.29, 1.82) is 0 Å². The lowest BCUT2D eigenvalue weighted by Crippen LogP contribution is -2.23. The van der Waals surface area contributed by atoms with Gasteiger partial charge in [0.1, 0.15) is 0 Å². The molecule has 3 heterocycles. The smallest absolute Gasteiger partial charge is 0.305 e. The number of nitrogens with one attached hydrogen (secondary N) is 2. The Balaban J connectivity index is 1.82. The number of benzene rings is 1. The monoisotopic (exact) mass is 333 g/mol. The maximum absolute atomic E-state index is 12.1. The molecule has 0 atom stereocenters. The second kappa shape index (κ2) is 5.86. The van der Waals surface area contributed by atoms with E-state index in [1.807, 2.05) is 54.2 Å². The number of aromatic nitrogens is 5. The molecule has 0 saturated carbocycles. The summed E-state index contributed by atoms with van der Waals surface area (Å²) >= 11 is 0. The van der Waals surface area contributed by atoms with Gasteiger partial charge in [0.15, 0.2) is 5.52 Å². The first-order chi connectivity index (χ1) is 12.1. The fourth-order valence-electron chi connectivity index (χ4n) is 2.86. The van der Waals surface area contributed by atoms with Crippen LogP contribution < -0.4 is 11.2 Å². The predicted molar refractivity (Wildman–Crippen MR) is 94.5 cm³/mol. The summed E-state index contributed by atoms with van der Waals surface area (Å²) in [5.74, 6) is 0. The first kappa shape index (κ1) is 15.1. The molecule has 4 aromatic rings. The van der Waals surface area contributed by atoms with Crippen LogP contribution in [0, 0.1) is 6.92 Å². The van der Waals surface area contributed by atoms with Crippen LogP contribution in [0.1, 0.15) is 11.1 Å². The summed E-state index contributed by atoms with van der Waals surface area (Å²) in [7, 11) is 0. The molecule has 0 spiro atoms. The van der Waals surface area contributed by atoms with Crippen molar-refractivity contribution >= 4 is 11.0 Å². The third-order valence-corrected chi connectivity index (χ3v) is 4.02. The summed E-state index contributed by atoms with van der Waals surface area (Å²) in [6.45, 7) is 2.50. The van der Waals surface area contributed by atoms with Crippen molar-refractivity contribution < 1.29 is 0 Å². The minimum atomic E-state index is -0.531. The van der Waals surface area contributed by atoms with E-state index >= 15 is 0 Å². The molecule has 1 aromatic carbocycles. The number of nitrogens with zero attached hydrogens (tertiary/aromatic N) is 3. The Morgan fingerprint density at radius 2 is 2.00 bits per heavy atom. The summed E-state index contributed by atoms with van der Waals surface area (Å²) in [6, 6.07) is 11.7. The Bertz CT molecular complexity index is 1170. The van der Waals surface area contributed by atoms with Crippen molar-refractivity contribution in [2.24, 2.45) is 0 Å². The van der Waals surface area contributed by atoms with E-state index in [9.17, 15) is 9.59 Å². The van der Waals surface area contributed by atoms with Crippen molar-refractivity contribution in [1.82, 2.24) is 24.7 Å². The predicted octanol–water partition coefficient (Wildman–Crippen LogP) is 1.83. The van der Waals surface area contributed by atoms with E-state index < -0.39 is 11.2 Å². The quantitative estimate of drug-likeness (QED) is 0.598. The number of rotatable bonds is 3. The SMILES string of the molecule is Cc1cc(-c2cccc(Cn3cccn3)c2)nc2c(=O)[nH]c(=O)[nH]c12. The second-order valence-corrected chi connectivity index (χ2v) is 5.86. The second-order valence-electron chi connectivity index (χ2n) is 5.86. The van der Waals surface area contributed by atoms with Crippen LogP contribution in [0.15, 0.2) is 58.4 Å². The van der Waals surface area contributed by atoms with Gasteiger partial charge in [0, 0.05) is 18.0 Å². The molecule has 2 N–H and O–H groups in total. The standard InChI is InChI=1S/C18H15N5O2/c1-11-8-14(20-16-15(11)21-18(25)22-17(16)24)13-5-2-4-12(9-13)10-23-7-3-6-19-23/h2-9H,10H2,1H3,(H2,21,22,24,25). The Morgan fingerprint density at radius 3 is 2.80 bits per heavy atom. The molecular weight excluding hydrogens is 318 g/mol. The first-order valence-corrected chi connectivity index (χ1v) is 7.81. The van der Waals surface area contributed by atoms with Crippen molar-refractivity contribution in [3.8, 4) is 11.3 Å². The van der Waals surface area contributed by atoms with Crippen LogP contribution in [0.2, 0.25) is 0 Å². The van der Waals surface area contributed by atoms with Crippen LogP contribution in [0.3, 0.4) is 0 Å². The molecule has 0 unspecified atom stereocenters. The third-order valence-electron chi connectivity index (χ3n) is 4.02. The van der Waals surface area contributed by atoms with Crippen LogP contribution in [0.4, 0.5) is 0 Å². The van der Waals surface area contributed by atoms with Gasteiger partial charge in [0.2, 0.25) is 0 Å². The molecule has 0 aliphatic carbocycles. The minimum Gasteiger partial charge on any atom is -0.305 e. The van der Waals surface area contributed by atoms with Crippen LogP contribution in [-0.2, 0) is 6.54 Å². The molecule has 0 fully saturated rings. The Hall–Kier alpha value is -3.48. The Kier molecular flexibility index (Phi) is 3.53. The van der Waals surface area contributed by atoms with Gasteiger partial charge in [-0.15, -0.1) is 0 Å². The maximum Gasteiger partial charge on any atom is 0.326 e. The zero-order valence-corrected chi connectivity index (χ0v) is 13.5. The lowest BCUT2D eigenvalue weighted by molar-refractivity contribution is 0.687. The average Bonchev–Trinajstić information content (AvgIpc) is 3.09. The first-order valence-electron chi connectivity index (χ1n) is 7.81. The van der Waals surface area contributed by atoms with Crippen LogP contribution in [0.5, 0.6) is 0 Å². The Morgan fingerprint density at radius 1 is 1.12 bits per heavy atom. The molecule has 7 heteroatoms. The summed E-state index contributed by atoms with van der Waals surface area (Å²) < 4.78 is 1.84. The van der Waals surface area contributed by atoms with Gasteiger partial charge < -0.3 is 4.98 Å². The number of H-pyrrole nitrogens is 2. The zero-order chi connectivity index (χ0) is 17.4. The molecule has 4 rings (SSSR count). The van der Waals surface area contributed by atoms with E-state index in [2.05, 4.69) is 20.1 Å². The van der Waals surface area contributed by atoms with Crippen molar-refractivity contribution in [2.45, 2.75) is 13.5 Å². The zero-order valence-electron chi connectivity index (χ0n) is 13.5. The van der Waals surface area contributed by atoms with Gasteiger partial charge in [-0.25, -0.2) is 9.78 Å². The fourth-order valence-corrected chi connectivity index (χ4v) is 2.86. The topological polar surface area (TPSA) is 96.4 Å². The van der Waals surface area contributed by atoms with Gasteiger partial charge >= 0.3 is 5.69 Å². The van der Waals surface area contributed by atoms with E-state index in [1.54, 1.807) is 6.20 Å². The molecule has 7 nitrogen and oxygen atoms in total. The molecule has 25 heavy (non-hydrogen) atoms. The molecular formula is C18H15N5O2.